The fraction of sp³-hybridized carbons (Fsp3) is 0.750. The van der Waals surface area contributed by atoms with E-state index in [1.165, 1.54) is 0 Å². The monoisotopic (exact) mass is 397 g/mol. The minimum absolute atomic E-state index is 0.175. The van der Waals surface area contributed by atoms with Gasteiger partial charge in [-0.25, -0.2) is 8.78 Å². The highest BCUT2D eigenvalue weighted by atomic mass is 19.3. The van der Waals surface area contributed by atoms with E-state index < -0.39 is 17.9 Å². The van der Waals surface area contributed by atoms with E-state index in [9.17, 15) is 18.4 Å². The topological polar surface area (TPSA) is 75.4 Å². The number of anilines is 1. The van der Waals surface area contributed by atoms with Crippen molar-refractivity contribution in [1.29, 1.82) is 0 Å². The number of nitrogens with one attached hydrogen (secondary N) is 1. The summed E-state index contributed by atoms with van der Waals surface area (Å²) in [6, 6.07) is 1.09. The molecule has 1 N–H and O–H groups in total. The molecule has 2 fully saturated rings. The number of aromatic nitrogens is 1. The molecule has 1 aliphatic heterocycles. The predicted octanol–water partition coefficient (Wildman–Crippen LogP) is 4.12. The summed E-state index contributed by atoms with van der Waals surface area (Å²) in [6.45, 7) is 6.42. The molecule has 2 aliphatic rings. The van der Waals surface area contributed by atoms with Gasteiger partial charge in [0, 0.05) is 36.8 Å². The van der Waals surface area contributed by atoms with E-state index in [1.807, 2.05) is 20.8 Å². The Hall–Kier alpha value is -1.99. The average Bonchev–Trinajstić information content (AvgIpc) is 3.10. The van der Waals surface area contributed by atoms with E-state index in [4.69, 9.17) is 4.52 Å². The van der Waals surface area contributed by atoms with Crippen LogP contribution in [0.1, 0.15) is 71.5 Å². The number of hydrogen-bond acceptors (Lipinski definition) is 4. The summed E-state index contributed by atoms with van der Waals surface area (Å²) < 4.78 is 32.1. The maximum atomic E-state index is 13.4. The first-order valence-corrected chi connectivity index (χ1v) is 10.0. The van der Waals surface area contributed by atoms with Crippen molar-refractivity contribution in [3.8, 4) is 0 Å². The number of halogens is 2. The standard InChI is InChI=1S/C20H29F2N3O3/c1-19(2,3)15-12-16(24-28-15)23-17(26)14-6-4-5-11-25(14)18(27)13-7-9-20(21,22)10-8-13/h12-14H,4-11H2,1-3H3,(H,23,24,26)/t14-/m0/s1. The zero-order chi connectivity index (χ0) is 20.5. The molecule has 1 saturated carbocycles. The van der Waals surface area contributed by atoms with Gasteiger partial charge in [0.1, 0.15) is 11.8 Å². The van der Waals surface area contributed by atoms with Crippen LogP contribution in [-0.2, 0) is 15.0 Å². The van der Waals surface area contributed by atoms with Crippen LogP contribution in [0.3, 0.4) is 0 Å². The fourth-order valence-electron chi connectivity index (χ4n) is 3.89. The van der Waals surface area contributed by atoms with Gasteiger partial charge in [0.2, 0.25) is 17.7 Å². The first-order valence-electron chi connectivity index (χ1n) is 10.0. The van der Waals surface area contributed by atoms with Gasteiger partial charge < -0.3 is 14.7 Å². The van der Waals surface area contributed by atoms with E-state index in [-0.39, 0.29) is 42.9 Å². The Morgan fingerprint density at radius 1 is 1.21 bits per heavy atom. The van der Waals surface area contributed by atoms with Crippen molar-refractivity contribution in [3.05, 3.63) is 11.8 Å². The smallest absolute Gasteiger partial charge is 0.248 e. The van der Waals surface area contributed by atoms with Gasteiger partial charge in [0.25, 0.3) is 0 Å². The van der Waals surface area contributed by atoms with Crippen molar-refractivity contribution in [3.63, 3.8) is 0 Å². The molecule has 0 unspecified atom stereocenters. The molecule has 8 heteroatoms. The number of alkyl halides is 2. The summed E-state index contributed by atoms with van der Waals surface area (Å²) in [5, 5.41) is 6.65. The van der Waals surface area contributed by atoms with Crippen LogP contribution >= 0.6 is 0 Å². The second kappa shape index (κ2) is 7.79. The normalized spacial score (nSPS) is 23.5. The van der Waals surface area contributed by atoms with Crippen molar-refractivity contribution in [2.24, 2.45) is 5.92 Å². The van der Waals surface area contributed by atoms with Gasteiger partial charge in [0.05, 0.1) is 0 Å². The van der Waals surface area contributed by atoms with Crippen LogP contribution in [-0.4, -0.2) is 40.4 Å². The molecule has 156 valence electrons. The van der Waals surface area contributed by atoms with Crippen molar-refractivity contribution < 1.29 is 22.9 Å². The molecule has 3 rings (SSSR count). The van der Waals surface area contributed by atoms with Crippen LogP contribution in [0.15, 0.2) is 10.6 Å². The Morgan fingerprint density at radius 2 is 1.89 bits per heavy atom. The highest BCUT2D eigenvalue weighted by Gasteiger charge is 2.41. The minimum Gasteiger partial charge on any atom is -0.359 e. The Labute approximate surface area is 164 Å². The summed E-state index contributed by atoms with van der Waals surface area (Å²) in [4.78, 5) is 27.3. The maximum absolute atomic E-state index is 13.4. The van der Waals surface area contributed by atoms with Crippen LogP contribution in [0.2, 0.25) is 0 Å². The van der Waals surface area contributed by atoms with E-state index in [1.54, 1.807) is 11.0 Å². The molecule has 1 saturated heterocycles. The van der Waals surface area contributed by atoms with Crippen LogP contribution in [0.25, 0.3) is 0 Å². The predicted molar refractivity (Wildman–Crippen MR) is 100 cm³/mol. The third-order valence-corrected chi connectivity index (χ3v) is 5.66. The van der Waals surface area contributed by atoms with Crippen molar-refractivity contribution >= 4 is 17.6 Å². The molecule has 2 heterocycles. The van der Waals surface area contributed by atoms with E-state index in [0.29, 0.717) is 24.5 Å². The van der Waals surface area contributed by atoms with Crippen LogP contribution in [0.5, 0.6) is 0 Å². The summed E-state index contributed by atoms with van der Waals surface area (Å²) in [5.41, 5.74) is -0.230. The molecule has 2 amide bonds. The molecule has 1 aromatic heterocycles. The quantitative estimate of drug-likeness (QED) is 0.833. The number of carbonyl (C=O) groups is 2. The molecular weight excluding hydrogens is 368 g/mol. The molecule has 0 aromatic carbocycles. The SMILES string of the molecule is CC(C)(C)c1cc(NC(=O)[C@@H]2CCCCN2C(=O)C2CCC(F)(F)CC2)no1. The third-order valence-electron chi connectivity index (χ3n) is 5.66. The zero-order valence-corrected chi connectivity index (χ0v) is 16.8. The second-order valence-electron chi connectivity index (χ2n) is 8.99. The van der Waals surface area contributed by atoms with Crippen molar-refractivity contribution in [2.75, 3.05) is 11.9 Å². The first kappa shape index (κ1) is 20.7. The number of hydrogen-bond donors (Lipinski definition) is 1. The molecule has 6 nitrogen and oxygen atoms in total. The van der Waals surface area contributed by atoms with Crippen LogP contribution in [0.4, 0.5) is 14.6 Å². The summed E-state index contributed by atoms with van der Waals surface area (Å²) >= 11 is 0. The maximum Gasteiger partial charge on any atom is 0.248 e. The summed E-state index contributed by atoms with van der Waals surface area (Å²) in [7, 11) is 0. The summed E-state index contributed by atoms with van der Waals surface area (Å²) in [6.07, 6.45) is 2.05. The number of carbonyl (C=O) groups excluding carboxylic acids is 2. The number of piperidine rings is 1. The Balaban J connectivity index is 1.66. The Bertz CT molecular complexity index is 717. The molecule has 0 bridgehead atoms. The van der Waals surface area contributed by atoms with Crippen LogP contribution in [0, 0.1) is 5.92 Å². The van der Waals surface area contributed by atoms with E-state index in [0.717, 1.165) is 12.8 Å². The third kappa shape index (κ3) is 4.70. The van der Waals surface area contributed by atoms with E-state index >= 15 is 0 Å². The lowest BCUT2D eigenvalue weighted by atomic mass is 9.85. The Kier molecular flexibility index (Phi) is 5.77. The lowest BCUT2D eigenvalue weighted by Gasteiger charge is -2.38. The summed E-state index contributed by atoms with van der Waals surface area (Å²) in [5.74, 6) is -2.60. The van der Waals surface area contributed by atoms with Gasteiger partial charge >= 0.3 is 0 Å². The van der Waals surface area contributed by atoms with Crippen LogP contribution < -0.4 is 5.32 Å². The van der Waals surface area contributed by atoms with Gasteiger partial charge in [-0.15, -0.1) is 0 Å². The highest BCUT2D eigenvalue weighted by molar-refractivity contribution is 5.97. The fourth-order valence-corrected chi connectivity index (χ4v) is 3.89. The molecular formula is C20H29F2N3O3. The minimum atomic E-state index is -2.67. The largest absolute Gasteiger partial charge is 0.359 e. The van der Waals surface area contributed by atoms with Gasteiger partial charge in [-0.1, -0.05) is 25.9 Å². The number of nitrogens with zero attached hydrogens (tertiary/aromatic N) is 2. The van der Waals surface area contributed by atoms with Gasteiger partial charge in [0.15, 0.2) is 5.82 Å². The lowest BCUT2D eigenvalue weighted by Crippen LogP contribution is -2.52. The van der Waals surface area contributed by atoms with Gasteiger partial charge in [-0.3, -0.25) is 9.59 Å². The molecule has 1 aromatic rings. The molecule has 1 aliphatic carbocycles. The zero-order valence-electron chi connectivity index (χ0n) is 16.8. The van der Waals surface area contributed by atoms with Crippen molar-refractivity contribution in [1.82, 2.24) is 10.1 Å². The van der Waals surface area contributed by atoms with Gasteiger partial charge in [-0.05, 0) is 32.1 Å². The average molecular weight is 397 g/mol. The lowest BCUT2D eigenvalue weighted by molar-refractivity contribution is -0.147. The number of likely N-dealkylation sites (tertiary alicyclic amines) is 1. The van der Waals surface area contributed by atoms with Crippen molar-refractivity contribution in [2.45, 2.75) is 83.1 Å². The molecule has 0 spiro atoms. The second-order valence-corrected chi connectivity index (χ2v) is 8.99. The van der Waals surface area contributed by atoms with Gasteiger partial charge in [-0.2, -0.15) is 0 Å². The number of amides is 2. The molecule has 0 radical (unpaired) electrons. The first-order chi connectivity index (χ1) is 13.1. The Morgan fingerprint density at radius 3 is 2.50 bits per heavy atom. The highest BCUT2D eigenvalue weighted by Crippen LogP contribution is 2.37. The van der Waals surface area contributed by atoms with E-state index in [2.05, 4.69) is 10.5 Å². The molecule has 1 atom stereocenters. The number of rotatable bonds is 3. The molecule has 28 heavy (non-hydrogen) atoms.